The van der Waals surface area contributed by atoms with Gasteiger partial charge in [0.05, 0.1) is 24.1 Å². The fourth-order valence-electron chi connectivity index (χ4n) is 4.34. The highest BCUT2D eigenvalue weighted by molar-refractivity contribution is 5.99. The van der Waals surface area contributed by atoms with Gasteiger partial charge in [-0.25, -0.2) is 0 Å². The van der Waals surface area contributed by atoms with Crippen LogP contribution in [0.3, 0.4) is 0 Å². The molecule has 0 spiro atoms. The van der Waals surface area contributed by atoms with E-state index in [1.165, 1.54) is 0 Å². The third-order valence-corrected chi connectivity index (χ3v) is 6.07. The first-order valence-corrected chi connectivity index (χ1v) is 10.8. The summed E-state index contributed by atoms with van der Waals surface area (Å²) in [4.78, 5) is 30.9. The smallest absolute Gasteiger partial charge is 0.290 e. The zero-order valence-corrected chi connectivity index (χ0v) is 18.3. The van der Waals surface area contributed by atoms with Gasteiger partial charge in [-0.3, -0.25) is 9.59 Å². The number of methoxy groups -OCH3 is 1. The molecule has 0 saturated carbocycles. The van der Waals surface area contributed by atoms with E-state index in [9.17, 15) is 9.59 Å². The Labute approximate surface area is 182 Å². The lowest BCUT2D eigenvalue weighted by molar-refractivity contribution is 0.0720. The van der Waals surface area contributed by atoms with Crippen LogP contribution in [0.1, 0.15) is 48.0 Å². The predicted molar refractivity (Wildman–Crippen MR) is 121 cm³/mol. The van der Waals surface area contributed by atoms with E-state index in [2.05, 4.69) is 18.7 Å². The SMILES string of the molecule is CCN(CC)CCCN1C(=O)c2oc3ccccc3c(=O)c2[C@@H]1c1ccc(OC)cc1. The van der Waals surface area contributed by atoms with E-state index in [4.69, 9.17) is 9.15 Å². The van der Waals surface area contributed by atoms with E-state index in [-0.39, 0.29) is 17.1 Å². The fraction of sp³-hybridized carbons (Fsp3) is 0.360. The number of amides is 1. The van der Waals surface area contributed by atoms with Crippen molar-refractivity contribution in [1.29, 1.82) is 0 Å². The Kier molecular flexibility index (Phi) is 6.09. The van der Waals surface area contributed by atoms with Crippen molar-refractivity contribution in [3.05, 3.63) is 75.6 Å². The maximum Gasteiger partial charge on any atom is 0.290 e. The fourth-order valence-corrected chi connectivity index (χ4v) is 4.34. The van der Waals surface area contributed by atoms with Gasteiger partial charge in [-0.1, -0.05) is 38.1 Å². The molecule has 2 heterocycles. The van der Waals surface area contributed by atoms with Gasteiger partial charge in [0.2, 0.25) is 5.76 Å². The summed E-state index contributed by atoms with van der Waals surface area (Å²) in [5.41, 5.74) is 1.60. The molecular formula is C25H28N2O4. The first kappa shape index (κ1) is 21.1. The van der Waals surface area contributed by atoms with Crippen LogP contribution in [0.4, 0.5) is 0 Å². The number of ether oxygens (including phenoxy) is 1. The van der Waals surface area contributed by atoms with E-state index in [0.717, 1.165) is 37.4 Å². The van der Waals surface area contributed by atoms with Crippen LogP contribution in [0.5, 0.6) is 5.75 Å². The third kappa shape index (κ3) is 3.83. The summed E-state index contributed by atoms with van der Waals surface area (Å²) in [6.07, 6.45) is 0.821. The topological polar surface area (TPSA) is 63.0 Å². The number of benzene rings is 2. The molecule has 0 radical (unpaired) electrons. The summed E-state index contributed by atoms with van der Waals surface area (Å²) >= 11 is 0. The van der Waals surface area contributed by atoms with Crippen molar-refractivity contribution < 1.29 is 13.9 Å². The second-order valence-electron chi connectivity index (χ2n) is 7.72. The summed E-state index contributed by atoms with van der Waals surface area (Å²) in [5, 5.41) is 0.498. The third-order valence-electron chi connectivity index (χ3n) is 6.07. The molecule has 0 saturated heterocycles. The van der Waals surface area contributed by atoms with Gasteiger partial charge in [-0.2, -0.15) is 0 Å². The van der Waals surface area contributed by atoms with Crippen LogP contribution >= 0.6 is 0 Å². The molecule has 0 fully saturated rings. The Hall–Kier alpha value is -3.12. The lowest BCUT2D eigenvalue weighted by Gasteiger charge is -2.26. The summed E-state index contributed by atoms with van der Waals surface area (Å²) in [7, 11) is 1.61. The first-order chi connectivity index (χ1) is 15.1. The Morgan fingerprint density at radius 2 is 1.74 bits per heavy atom. The number of fused-ring (bicyclic) bond motifs is 2. The van der Waals surface area contributed by atoms with Crippen molar-refractivity contribution in [1.82, 2.24) is 9.80 Å². The molecule has 0 aliphatic carbocycles. The standard InChI is InChI=1S/C25H28N2O4/c1-4-26(5-2)15-8-16-27-22(17-11-13-18(30-3)14-12-17)21-23(28)19-9-6-7-10-20(19)31-24(21)25(27)29/h6-7,9-14,22H,4-5,8,15-16H2,1-3H3/t22-/m0/s1. The van der Waals surface area contributed by atoms with Gasteiger partial charge in [-0.15, -0.1) is 0 Å². The Balaban J connectivity index is 1.77. The minimum absolute atomic E-state index is 0.141. The molecule has 2 aromatic carbocycles. The van der Waals surface area contributed by atoms with Gasteiger partial charge in [-0.05, 0) is 55.9 Å². The average Bonchev–Trinajstić information content (AvgIpc) is 3.09. The van der Waals surface area contributed by atoms with Gasteiger partial charge in [0.25, 0.3) is 5.91 Å². The van der Waals surface area contributed by atoms with Crippen LogP contribution in [0.25, 0.3) is 11.0 Å². The molecule has 0 N–H and O–H groups in total. The van der Waals surface area contributed by atoms with Gasteiger partial charge >= 0.3 is 0 Å². The molecule has 1 amide bonds. The molecule has 0 bridgehead atoms. The normalized spacial score (nSPS) is 15.7. The molecular weight excluding hydrogens is 392 g/mol. The number of carbonyl (C=O) groups is 1. The zero-order valence-electron chi connectivity index (χ0n) is 18.3. The summed E-state index contributed by atoms with van der Waals surface area (Å²) in [6.45, 7) is 7.65. The average molecular weight is 421 g/mol. The van der Waals surface area contributed by atoms with Crippen molar-refractivity contribution in [2.75, 3.05) is 33.3 Å². The van der Waals surface area contributed by atoms with Crippen molar-refractivity contribution in [3.8, 4) is 5.75 Å². The highest BCUT2D eigenvalue weighted by atomic mass is 16.5. The highest BCUT2D eigenvalue weighted by Gasteiger charge is 2.42. The summed E-state index contributed by atoms with van der Waals surface area (Å²) < 4.78 is 11.2. The van der Waals surface area contributed by atoms with Crippen molar-refractivity contribution >= 4 is 16.9 Å². The van der Waals surface area contributed by atoms with Gasteiger partial charge in [0, 0.05) is 6.54 Å². The number of nitrogens with zero attached hydrogens (tertiary/aromatic N) is 2. The largest absolute Gasteiger partial charge is 0.497 e. The van der Waals surface area contributed by atoms with Crippen LogP contribution in [0, 0.1) is 0 Å². The molecule has 1 aliphatic rings. The zero-order chi connectivity index (χ0) is 22.0. The Morgan fingerprint density at radius 3 is 2.42 bits per heavy atom. The van der Waals surface area contributed by atoms with Crippen molar-refractivity contribution in [2.45, 2.75) is 26.3 Å². The molecule has 162 valence electrons. The highest BCUT2D eigenvalue weighted by Crippen LogP contribution is 2.38. The molecule has 6 heteroatoms. The number of para-hydroxylation sites is 1. The van der Waals surface area contributed by atoms with Crippen LogP contribution in [-0.4, -0.2) is 49.0 Å². The van der Waals surface area contributed by atoms with Crippen LogP contribution < -0.4 is 10.2 Å². The van der Waals surface area contributed by atoms with Crippen molar-refractivity contribution in [3.63, 3.8) is 0 Å². The van der Waals surface area contributed by atoms with Gasteiger partial charge in [0.1, 0.15) is 11.3 Å². The predicted octanol–water partition coefficient (Wildman–Crippen LogP) is 4.08. The van der Waals surface area contributed by atoms with Gasteiger partial charge < -0.3 is 19.0 Å². The number of carbonyl (C=O) groups excluding carboxylic acids is 1. The molecule has 3 aromatic rings. The first-order valence-electron chi connectivity index (χ1n) is 10.8. The molecule has 1 aliphatic heterocycles. The van der Waals surface area contributed by atoms with Crippen molar-refractivity contribution in [2.24, 2.45) is 0 Å². The molecule has 1 atom stereocenters. The van der Waals surface area contributed by atoms with E-state index >= 15 is 0 Å². The minimum Gasteiger partial charge on any atom is -0.497 e. The molecule has 31 heavy (non-hydrogen) atoms. The Morgan fingerprint density at radius 1 is 1.03 bits per heavy atom. The van der Waals surface area contributed by atoms with E-state index in [1.54, 1.807) is 30.2 Å². The second kappa shape index (κ2) is 8.94. The summed E-state index contributed by atoms with van der Waals surface area (Å²) in [6, 6.07) is 14.2. The lowest BCUT2D eigenvalue weighted by atomic mass is 9.98. The van der Waals surface area contributed by atoms with E-state index < -0.39 is 6.04 Å². The molecule has 6 nitrogen and oxygen atoms in total. The maximum atomic E-state index is 13.4. The molecule has 4 rings (SSSR count). The van der Waals surface area contributed by atoms with E-state index in [1.807, 2.05) is 30.3 Å². The number of rotatable bonds is 8. The summed E-state index contributed by atoms with van der Waals surface area (Å²) in [5.74, 6) is 0.664. The van der Waals surface area contributed by atoms with Crippen LogP contribution in [-0.2, 0) is 0 Å². The second-order valence-corrected chi connectivity index (χ2v) is 7.72. The minimum atomic E-state index is -0.467. The van der Waals surface area contributed by atoms with Crippen LogP contribution in [0.15, 0.2) is 57.7 Å². The van der Waals surface area contributed by atoms with Gasteiger partial charge in [0.15, 0.2) is 5.43 Å². The lowest BCUT2D eigenvalue weighted by Crippen LogP contribution is -2.33. The molecule has 1 aromatic heterocycles. The van der Waals surface area contributed by atoms with Crippen LogP contribution in [0.2, 0.25) is 0 Å². The monoisotopic (exact) mass is 420 g/mol. The maximum absolute atomic E-state index is 13.4. The number of hydrogen-bond acceptors (Lipinski definition) is 5. The quantitative estimate of drug-likeness (QED) is 0.550. The Bertz CT molecular complexity index is 1130. The molecule has 0 unspecified atom stereocenters. The number of hydrogen-bond donors (Lipinski definition) is 0. The van der Waals surface area contributed by atoms with E-state index in [0.29, 0.717) is 23.1 Å².